The molecule has 0 saturated carbocycles. The van der Waals surface area contributed by atoms with Gasteiger partial charge in [-0.1, -0.05) is 157 Å². The summed E-state index contributed by atoms with van der Waals surface area (Å²) in [7, 11) is 1.67. The van der Waals surface area contributed by atoms with Crippen LogP contribution < -0.4 is 10.6 Å². The molecule has 2 unspecified atom stereocenters. The fraction of sp³-hybridized carbons (Fsp3) is 0.120. The Balaban J connectivity index is 0.879. The lowest BCUT2D eigenvalue weighted by atomic mass is 9.77. The third kappa shape index (κ3) is 9.56. The molecule has 5 aromatic carbocycles. The number of thiazole rings is 1. The number of oxime groups is 1. The maximum Gasteiger partial charge on any atom is 0.356 e. The zero-order chi connectivity index (χ0) is 46.2. The van der Waals surface area contributed by atoms with E-state index in [1.807, 2.05) is 121 Å². The number of anilines is 1. The van der Waals surface area contributed by atoms with Gasteiger partial charge in [0.05, 0.1) is 10.6 Å². The molecule has 1 saturated heterocycles. The van der Waals surface area contributed by atoms with Crippen molar-refractivity contribution in [3.8, 4) is 0 Å². The average Bonchev–Trinajstić information content (AvgIpc) is 4.03. The highest BCUT2D eigenvalue weighted by molar-refractivity contribution is 8.00. The Labute approximate surface area is 399 Å². The number of rotatable bonds is 16. The monoisotopic (exact) mass is 943 g/mol. The molecule has 7 aromatic rings. The molecule has 2 aliphatic heterocycles. The van der Waals surface area contributed by atoms with E-state index in [0.29, 0.717) is 27.1 Å². The van der Waals surface area contributed by atoms with Crippen molar-refractivity contribution in [1.29, 1.82) is 0 Å². The van der Waals surface area contributed by atoms with E-state index in [-0.39, 0.29) is 11.4 Å². The lowest BCUT2D eigenvalue weighted by Crippen LogP contribution is -2.70. The van der Waals surface area contributed by atoms with Crippen molar-refractivity contribution in [2.75, 3.05) is 11.1 Å². The number of aromatic nitrogens is 5. The molecule has 67 heavy (non-hydrogen) atoms. The van der Waals surface area contributed by atoms with Gasteiger partial charge in [-0.25, -0.2) is 14.5 Å². The van der Waals surface area contributed by atoms with Gasteiger partial charge in [-0.15, -0.1) is 40.8 Å². The Kier molecular flexibility index (Phi) is 13.5. The summed E-state index contributed by atoms with van der Waals surface area (Å²) in [6, 6.07) is 48.5. The number of esters is 1. The van der Waals surface area contributed by atoms with E-state index in [1.54, 1.807) is 19.2 Å². The van der Waals surface area contributed by atoms with Crippen molar-refractivity contribution in [2.45, 2.75) is 23.1 Å². The van der Waals surface area contributed by atoms with Gasteiger partial charge in [-0.2, -0.15) is 0 Å². The number of nitrogens with zero attached hydrogens (tertiary/aromatic N) is 7. The first-order valence-electron chi connectivity index (χ1n) is 21.0. The minimum atomic E-state index is -0.957. The molecular formula is C50H41N9O5S3. The Morgan fingerprint density at radius 2 is 1.42 bits per heavy atom. The predicted molar refractivity (Wildman–Crippen MR) is 262 cm³/mol. The molecule has 14 nitrogen and oxygen atoms in total. The summed E-state index contributed by atoms with van der Waals surface area (Å²) in [6.45, 7) is 0. The molecule has 2 atom stereocenters. The molecule has 2 aromatic heterocycles. The number of fused-ring (bicyclic) bond motifs is 1. The van der Waals surface area contributed by atoms with Crippen molar-refractivity contribution in [2.24, 2.45) is 12.2 Å². The van der Waals surface area contributed by atoms with E-state index < -0.39 is 40.8 Å². The fourth-order valence-electron chi connectivity index (χ4n) is 7.93. The molecule has 2 N–H and O–H groups in total. The van der Waals surface area contributed by atoms with E-state index in [0.717, 1.165) is 34.0 Å². The molecule has 0 spiro atoms. The molecule has 2 amide bonds. The maximum absolute atomic E-state index is 14.4. The number of amides is 2. The Morgan fingerprint density at radius 1 is 0.851 bits per heavy atom. The molecule has 334 valence electrons. The molecule has 4 heterocycles. The smallest absolute Gasteiger partial charge is 0.356 e. The molecule has 2 aliphatic rings. The molecule has 0 bridgehead atoms. The summed E-state index contributed by atoms with van der Waals surface area (Å²) in [4.78, 5) is 53.3. The van der Waals surface area contributed by atoms with E-state index in [2.05, 4.69) is 80.3 Å². The largest absolute Gasteiger partial charge is 0.448 e. The molecule has 0 aliphatic carbocycles. The number of thiol groups is 1. The summed E-state index contributed by atoms with van der Waals surface area (Å²) >= 11 is 7.45. The van der Waals surface area contributed by atoms with Gasteiger partial charge in [-0.05, 0) is 49.9 Å². The van der Waals surface area contributed by atoms with E-state index in [1.165, 1.54) is 38.9 Å². The quantitative estimate of drug-likeness (QED) is 0.0164. The van der Waals surface area contributed by atoms with Crippen LogP contribution in [-0.2, 0) is 36.5 Å². The van der Waals surface area contributed by atoms with Crippen molar-refractivity contribution in [1.82, 2.24) is 35.4 Å². The van der Waals surface area contributed by atoms with Crippen molar-refractivity contribution in [3.63, 3.8) is 0 Å². The number of hydrogen-bond donors (Lipinski definition) is 3. The zero-order valence-electron chi connectivity index (χ0n) is 35.7. The van der Waals surface area contributed by atoms with Gasteiger partial charge < -0.3 is 20.2 Å². The van der Waals surface area contributed by atoms with E-state index >= 15 is 0 Å². The standard InChI is InChI=1S/C50H41N9O5S3/c1-58-45(55-56-57-58)40(65)29-35-31-66-47-42(46(61)59(47)43(35)48(62)64-44(33-17-7-2-8-18-33)34-19-9-3-10-20-34)53-41(60)30-51-63-28-27-39-32-67-49(52-39)54-50(36-21-11-4-12-22-36,37-23-13-5-14-24-37)38-25-15-6-16-26-38/h2-30,32,42,44,47,65H,31H2,1H3,(H,52,54)(H,53,60). The van der Waals surface area contributed by atoms with Gasteiger partial charge in [0.15, 0.2) is 17.1 Å². The lowest BCUT2D eigenvalue weighted by Gasteiger charge is -2.49. The van der Waals surface area contributed by atoms with Gasteiger partial charge in [0.25, 0.3) is 11.8 Å². The SMILES string of the molecule is Cn1nnnc1C(S)=CC1=C(C(=O)OC(c2ccccc2)c2ccccc2)N2C(=O)C(NC(=O)C=NOC=Cc3csc(NC(c4ccccc4)(c4ccccc4)c4ccccc4)n3)C2SC1. The lowest BCUT2D eigenvalue weighted by molar-refractivity contribution is -0.154. The number of nitrogens with one attached hydrogen (secondary N) is 2. The molecule has 1 fully saturated rings. The van der Waals surface area contributed by atoms with Crippen molar-refractivity contribution >= 4 is 75.8 Å². The maximum atomic E-state index is 14.4. The molecule has 17 heteroatoms. The minimum absolute atomic E-state index is 0.0335. The Bertz CT molecular complexity index is 2850. The van der Waals surface area contributed by atoms with Crippen LogP contribution in [0, 0.1) is 0 Å². The van der Waals surface area contributed by atoms with Crippen LogP contribution >= 0.6 is 35.7 Å². The van der Waals surface area contributed by atoms with Crippen molar-refractivity contribution in [3.05, 3.63) is 220 Å². The van der Waals surface area contributed by atoms with Crippen LogP contribution in [0.15, 0.2) is 186 Å². The molecule has 0 radical (unpaired) electrons. The summed E-state index contributed by atoms with van der Waals surface area (Å²) in [5.74, 6) is -1.25. The minimum Gasteiger partial charge on any atom is -0.448 e. The second-order valence-electron chi connectivity index (χ2n) is 15.2. The number of allylic oxidation sites excluding steroid dienone is 1. The van der Waals surface area contributed by atoms with E-state index in [9.17, 15) is 14.4 Å². The highest BCUT2D eigenvalue weighted by Gasteiger charge is 2.54. The third-order valence-corrected chi connectivity index (χ3v) is 13.5. The second-order valence-corrected chi connectivity index (χ2v) is 17.7. The van der Waals surface area contributed by atoms with Crippen LogP contribution in [0.1, 0.15) is 45.4 Å². The first-order chi connectivity index (χ1) is 32.8. The number of carbonyl (C=O) groups is 3. The van der Waals surface area contributed by atoms with Crippen LogP contribution in [0.2, 0.25) is 0 Å². The number of aryl methyl sites for hydroxylation is 1. The van der Waals surface area contributed by atoms with Crippen LogP contribution in [0.3, 0.4) is 0 Å². The summed E-state index contributed by atoms with van der Waals surface area (Å²) in [5, 5.41) is 23.8. The Hall–Kier alpha value is -7.60. The summed E-state index contributed by atoms with van der Waals surface area (Å²) in [6.07, 6.45) is 4.78. The average molecular weight is 944 g/mol. The van der Waals surface area contributed by atoms with Gasteiger partial charge >= 0.3 is 5.97 Å². The summed E-state index contributed by atoms with van der Waals surface area (Å²) in [5.41, 5.74) is 5.01. The van der Waals surface area contributed by atoms with Gasteiger partial charge in [0.1, 0.15) is 35.1 Å². The third-order valence-electron chi connectivity index (χ3n) is 11.0. The van der Waals surface area contributed by atoms with Crippen LogP contribution in [0.25, 0.3) is 11.0 Å². The topological polar surface area (TPSA) is 166 Å². The number of tetrazole rings is 1. The second kappa shape index (κ2) is 20.3. The van der Waals surface area contributed by atoms with Crippen LogP contribution in [-0.4, -0.2) is 71.3 Å². The van der Waals surface area contributed by atoms with Gasteiger partial charge in [0, 0.05) is 24.3 Å². The Morgan fingerprint density at radius 3 is 1.97 bits per heavy atom. The molecular weight excluding hydrogens is 903 g/mol. The van der Waals surface area contributed by atoms with E-state index in [4.69, 9.17) is 14.6 Å². The number of benzene rings is 5. The van der Waals surface area contributed by atoms with Gasteiger partial charge in [-0.3, -0.25) is 14.5 Å². The number of hydrogen-bond acceptors (Lipinski definition) is 14. The van der Waals surface area contributed by atoms with Crippen LogP contribution in [0.4, 0.5) is 5.13 Å². The highest BCUT2D eigenvalue weighted by atomic mass is 32.2. The predicted octanol–water partition coefficient (Wildman–Crippen LogP) is 8.00. The number of β-lactam (4-membered cyclic amide) rings is 1. The van der Waals surface area contributed by atoms with Crippen LogP contribution in [0.5, 0.6) is 0 Å². The number of thioether (sulfide) groups is 1. The summed E-state index contributed by atoms with van der Waals surface area (Å²) < 4.78 is 7.70. The number of ether oxygens (including phenoxy) is 1. The normalized spacial score (nSPS) is 16.3. The number of carbonyl (C=O) groups excluding carboxylic acids is 3. The fourth-order valence-corrected chi connectivity index (χ4v) is 10.3. The van der Waals surface area contributed by atoms with Crippen molar-refractivity contribution < 1.29 is 24.0 Å². The highest BCUT2D eigenvalue weighted by Crippen LogP contribution is 2.43. The zero-order valence-corrected chi connectivity index (χ0v) is 38.2. The molecule has 9 rings (SSSR count). The van der Waals surface area contributed by atoms with Gasteiger partial charge in [0.2, 0.25) is 0 Å². The first kappa shape index (κ1) is 44.6. The first-order valence-corrected chi connectivity index (χ1v) is 23.4.